The third kappa shape index (κ3) is 4.85. The van der Waals surface area contributed by atoms with Gasteiger partial charge < -0.3 is 15.0 Å². The Hall–Kier alpha value is -2.42. The van der Waals surface area contributed by atoms with E-state index in [9.17, 15) is 17.6 Å². The summed E-state index contributed by atoms with van der Waals surface area (Å²) in [5, 5.41) is 3.18. The zero-order chi connectivity index (χ0) is 19.6. The second kappa shape index (κ2) is 7.67. The van der Waals surface area contributed by atoms with Crippen molar-refractivity contribution >= 4 is 5.95 Å². The monoisotopic (exact) mass is 384 g/mol. The summed E-state index contributed by atoms with van der Waals surface area (Å²) < 4.78 is 54.7. The molecule has 1 N–H and O–H groups in total. The fourth-order valence-corrected chi connectivity index (χ4v) is 3.17. The van der Waals surface area contributed by atoms with E-state index in [0.29, 0.717) is 35.9 Å². The third-order valence-corrected chi connectivity index (χ3v) is 4.61. The first kappa shape index (κ1) is 19.3. The predicted octanol–water partition coefficient (Wildman–Crippen LogP) is 4.00. The van der Waals surface area contributed by atoms with E-state index in [1.54, 1.807) is 6.92 Å². The van der Waals surface area contributed by atoms with Crippen molar-refractivity contribution in [1.29, 1.82) is 0 Å². The molecule has 1 aliphatic heterocycles. The number of anilines is 1. The number of nitrogens with zero attached hydrogens (tertiary/aromatic N) is 3. The van der Waals surface area contributed by atoms with Gasteiger partial charge >= 0.3 is 6.36 Å². The van der Waals surface area contributed by atoms with Crippen molar-refractivity contribution in [3.05, 3.63) is 35.9 Å². The summed E-state index contributed by atoms with van der Waals surface area (Å²) in [6.45, 7) is 3.48. The van der Waals surface area contributed by atoms with Gasteiger partial charge in [-0.25, -0.2) is 14.4 Å². The highest BCUT2D eigenvalue weighted by molar-refractivity contribution is 5.67. The number of benzene rings is 1. The van der Waals surface area contributed by atoms with E-state index in [0.717, 1.165) is 25.5 Å². The van der Waals surface area contributed by atoms with Crippen molar-refractivity contribution in [2.75, 3.05) is 25.5 Å². The van der Waals surface area contributed by atoms with Gasteiger partial charge in [0.1, 0.15) is 11.6 Å². The van der Waals surface area contributed by atoms with Gasteiger partial charge in [0.15, 0.2) is 0 Å². The molecule has 146 valence electrons. The van der Waals surface area contributed by atoms with Gasteiger partial charge in [-0.1, -0.05) is 0 Å². The third-order valence-electron chi connectivity index (χ3n) is 4.61. The maximum Gasteiger partial charge on any atom is 0.573 e. The zero-order valence-electron chi connectivity index (χ0n) is 15.0. The molecule has 1 aliphatic rings. The van der Waals surface area contributed by atoms with Crippen LogP contribution in [-0.4, -0.2) is 47.4 Å². The normalized spacial score (nSPS) is 17.9. The summed E-state index contributed by atoms with van der Waals surface area (Å²) in [6.07, 6.45) is -1.13. The van der Waals surface area contributed by atoms with Crippen molar-refractivity contribution in [1.82, 2.24) is 14.9 Å². The Labute approximate surface area is 154 Å². The number of alkyl halides is 3. The van der Waals surface area contributed by atoms with Gasteiger partial charge in [-0.2, -0.15) is 0 Å². The summed E-state index contributed by atoms with van der Waals surface area (Å²) in [5.74, 6) is -1.01. The lowest BCUT2D eigenvalue weighted by molar-refractivity contribution is -0.274. The minimum absolute atomic E-state index is 0.115. The number of aryl methyl sites for hydroxylation is 1. The van der Waals surface area contributed by atoms with Crippen LogP contribution >= 0.6 is 0 Å². The van der Waals surface area contributed by atoms with Crippen molar-refractivity contribution in [2.24, 2.45) is 0 Å². The molecule has 1 saturated heterocycles. The fraction of sp³-hybridized carbons (Fsp3) is 0.444. The maximum atomic E-state index is 14.3. The molecule has 1 unspecified atom stereocenters. The van der Waals surface area contributed by atoms with Crippen LogP contribution in [0.2, 0.25) is 0 Å². The van der Waals surface area contributed by atoms with Crippen LogP contribution in [0, 0.1) is 12.7 Å². The predicted molar refractivity (Wildman–Crippen MR) is 93.0 cm³/mol. The number of aromatic nitrogens is 2. The van der Waals surface area contributed by atoms with Crippen LogP contribution in [0.1, 0.15) is 18.5 Å². The van der Waals surface area contributed by atoms with Crippen LogP contribution in [0.3, 0.4) is 0 Å². The smallest absolute Gasteiger partial charge is 0.406 e. The quantitative estimate of drug-likeness (QED) is 0.790. The van der Waals surface area contributed by atoms with Crippen LogP contribution in [0.25, 0.3) is 11.1 Å². The summed E-state index contributed by atoms with van der Waals surface area (Å²) in [7, 11) is 2.07. The molecule has 1 aromatic carbocycles. The molecule has 0 radical (unpaired) electrons. The second-order valence-electron chi connectivity index (χ2n) is 6.54. The van der Waals surface area contributed by atoms with Crippen LogP contribution < -0.4 is 10.1 Å². The molecule has 2 heterocycles. The van der Waals surface area contributed by atoms with Crippen LogP contribution in [0.15, 0.2) is 24.4 Å². The number of hydrogen-bond acceptors (Lipinski definition) is 5. The number of rotatable bonds is 5. The zero-order valence-corrected chi connectivity index (χ0v) is 15.0. The SMILES string of the molecule is Cc1nc(NCC2CCCN2C)ncc1-c1ccc(OC(F)(F)F)cc1F. The van der Waals surface area contributed by atoms with Crippen LogP contribution in [-0.2, 0) is 0 Å². The minimum atomic E-state index is -4.87. The first-order valence-corrected chi connectivity index (χ1v) is 8.56. The molecule has 1 aromatic heterocycles. The van der Waals surface area contributed by atoms with E-state index in [1.165, 1.54) is 12.3 Å². The molecule has 0 saturated carbocycles. The standard InChI is InChI=1S/C18H20F4N4O/c1-11-15(14-6-5-13(8-16(14)19)27-18(20,21)22)10-24-17(25-11)23-9-12-4-3-7-26(12)2/h5-6,8,10,12H,3-4,7,9H2,1-2H3,(H,23,24,25). The Morgan fingerprint density at radius 1 is 1.30 bits per heavy atom. The Morgan fingerprint density at radius 3 is 2.67 bits per heavy atom. The van der Waals surface area contributed by atoms with Crippen molar-refractivity contribution in [3.63, 3.8) is 0 Å². The van der Waals surface area contributed by atoms with Gasteiger partial charge in [0.2, 0.25) is 5.95 Å². The highest BCUT2D eigenvalue weighted by Gasteiger charge is 2.31. The lowest BCUT2D eigenvalue weighted by Gasteiger charge is -2.19. The lowest BCUT2D eigenvalue weighted by atomic mass is 10.1. The van der Waals surface area contributed by atoms with Crippen LogP contribution in [0.5, 0.6) is 5.75 Å². The molecule has 0 aliphatic carbocycles. The molecule has 1 fully saturated rings. The molecule has 9 heteroatoms. The summed E-state index contributed by atoms with van der Waals surface area (Å²) in [5.41, 5.74) is 1.05. The summed E-state index contributed by atoms with van der Waals surface area (Å²) in [4.78, 5) is 10.8. The van der Waals surface area contributed by atoms with Gasteiger partial charge in [0, 0.05) is 36.0 Å². The number of likely N-dealkylation sites (N-methyl/N-ethyl adjacent to an activating group) is 1. The Bertz CT molecular complexity index is 812. The molecule has 0 amide bonds. The summed E-state index contributed by atoms with van der Waals surface area (Å²) in [6, 6.07) is 3.41. The Morgan fingerprint density at radius 2 is 2.07 bits per heavy atom. The molecule has 5 nitrogen and oxygen atoms in total. The average molecular weight is 384 g/mol. The minimum Gasteiger partial charge on any atom is -0.406 e. The first-order chi connectivity index (χ1) is 12.7. The Balaban J connectivity index is 1.73. The molecular formula is C18H20F4N4O. The average Bonchev–Trinajstić information content (AvgIpc) is 2.97. The van der Waals surface area contributed by atoms with Crippen LogP contribution in [0.4, 0.5) is 23.5 Å². The fourth-order valence-electron chi connectivity index (χ4n) is 3.17. The molecular weight excluding hydrogens is 364 g/mol. The second-order valence-corrected chi connectivity index (χ2v) is 6.54. The molecule has 0 bridgehead atoms. The van der Waals surface area contributed by atoms with Gasteiger partial charge in [0.05, 0.1) is 5.69 Å². The van der Waals surface area contributed by atoms with Crippen molar-refractivity contribution in [3.8, 4) is 16.9 Å². The largest absolute Gasteiger partial charge is 0.573 e. The topological polar surface area (TPSA) is 50.3 Å². The number of nitrogens with one attached hydrogen (secondary N) is 1. The van der Waals surface area contributed by atoms with Gasteiger partial charge in [-0.3, -0.25) is 0 Å². The number of likely N-dealkylation sites (tertiary alicyclic amines) is 1. The molecule has 0 spiro atoms. The van der Waals surface area contributed by atoms with E-state index in [1.807, 2.05) is 0 Å². The van der Waals surface area contributed by atoms with E-state index in [2.05, 4.69) is 32.0 Å². The number of ether oxygens (including phenoxy) is 1. The van der Waals surface area contributed by atoms with E-state index >= 15 is 0 Å². The molecule has 2 aromatic rings. The first-order valence-electron chi connectivity index (χ1n) is 8.56. The lowest BCUT2D eigenvalue weighted by Crippen LogP contribution is -2.32. The maximum absolute atomic E-state index is 14.3. The van der Waals surface area contributed by atoms with E-state index < -0.39 is 17.9 Å². The van der Waals surface area contributed by atoms with Crippen molar-refractivity contribution < 1.29 is 22.3 Å². The van der Waals surface area contributed by atoms with Gasteiger partial charge in [-0.05, 0) is 45.5 Å². The number of hydrogen-bond donors (Lipinski definition) is 1. The highest BCUT2D eigenvalue weighted by atomic mass is 19.4. The highest BCUT2D eigenvalue weighted by Crippen LogP contribution is 2.30. The van der Waals surface area contributed by atoms with E-state index in [-0.39, 0.29) is 5.56 Å². The number of halogens is 4. The summed E-state index contributed by atoms with van der Waals surface area (Å²) >= 11 is 0. The van der Waals surface area contributed by atoms with Gasteiger partial charge in [0.25, 0.3) is 0 Å². The van der Waals surface area contributed by atoms with E-state index in [4.69, 9.17) is 0 Å². The Kier molecular flexibility index (Phi) is 5.50. The van der Waals surface area contributed by atoms with Crippen molar-refractivity contribution in [2.45, 2.75) is 32.2 Å². The molecule has 1 atom stereocenters. The molecule has 3 rings (SSSR count). The molecule has 27 heavy (non-hydrogen) atoms. The van der Waals surface area contributed by atoms with Gasteiger partial charge in [-0.15, -0.1) is 13.2 Å².